The van der Waals surface area contributed by atoms with E-state index in [4.69, 9.17) is 4.74 Å². The number of ether oxygens (including phenoxy) is 1. The van der Waals surface area contributed by atoms with Crippen molar-refractivity contribution >= 4 is 17.3 Å². The van der Waals surface area contributed by atoms with Gasteiger partial charge in [0, 0.05) is 11.9 Å². The molecule has 2 heterocycles. The Morgan fingerprint density at radius 3 is 2.70 bits per heavy atom. The molecule has 136 valence electrons. The van der Waals surface area contributed by atoms with Crippen molar-refractivity contribution in [2.45, 2.75) is 6.54 Å². The van der Waals surface area contributed by atoms with E-state index >= 15 is 0 Å². The zero-order chi connectivity index (χ0) is 18.8. The molecule has 27 heavy (non-hydrogen) atoms. The maximum atomic E-state index is 13.9. The van der Waals surface area contributed by atoms with E-state index in [0.29, 0.717) is 11.4 Å². The van der Waals surface area contributed by atoms with Crippen LogP contribution in [0.4, 0.5) is 15.9 Å². The summed E-state index contributed by atoms with van der Waals surface area (Å²) in [7, 11) is 1.40. The van der Waals surface area contributed by atoms with Crippen LogP contribution in [0.15, 0.2) is 65.6 Å². The molecule has 4 rings (SSSR count). The highest BCUT2D eigenvalue weighted by molar-refractivity contribution is 5.56. The number of hydrogen-bond acceptors (Lipinski definition) is 5. The standard InChI is InChI=1S/C19H16FN5O2/c1-27-16-8-7-13(11-15(16)20)12-25-19(26)24-10-9-17(22-18(24)23-25)21-14-5-3-2-4-6-14/h2-11H,12H2,1H3,(H,21,22,23). The fraction of sp³-hybridized carbons (Fsp3) is 0.105. The Labute approximate surface area is 153 Å². The Morgan fingerprint density at radius 2 is 1.96 bits per heavy atom. The molecular formula is C19H16FN5O2. The topological polar surface area (TPSA) is 73.4 Å². The highest BCUT2D eigenvalue weighted by Gasteiger charge is 2.11. The predicted molar refractivity (Wildman–Crippen MR) is 99.0 cm³/mol. The Balaban J connectivity index is 1.63. The Kier molecular flexibility index (Phi) is 4.29. The highest BCUT2D eigenvalue weighted by Crippen LogP contribution is 2.18. The van der Waals surface area contributed by atoms with Crippen molar-refractivity contribution in [1.82, 2.24) is 19.2 Å². The van der Waals surface area contributed by atoms with Gasteiger partial charge in [-0.15, -0.1) is 5.10 Å². The largest absolute Gasteiger partial charge is 0.494 e. The first-order valence-electron chi connectivity index (χ1n) is 8.25. The minimum Gasteiger partial charge on any atom is -0.494 e. The fourth-order valence-corrected chi connectivity index (χ4v) is 2.73. The number of halogens is 1. The summed E-state index contributed by atoms with van der Waals surface area (Å²) >= 11 is 0. The van der Waals surface area contributed by atoms with Crippen molar-refractivity contribution in [1.29, 1.82) is 0 Å². The molecule has 0 aliphatic carbocycles. The van der Waals surface area contributed by atoms with Crippen LogP contribution in [0.3, 0.4) is 0 Å². The number of nitrogens with zero attached hydrogens (tertiary/aromatic N) is 4. The van der Waals surface area contributed by atoms with Crippen LogP contribution >= 0.6 is 0 Å². The number of fused-ring (bicyclic) bond motifs is 1. The van der Waals surface area contributed by atoms with Gasteiger partial charge in [0.2, 0.25) is 0 Å². The number of nitrogens with one attached hydrogen (secondary N) is 1. The van der Waals surface area contributed by atoms with E-state index in [-0.39, 0.29) is 23.8 Å². The van der Waals surface area contributed by atoms with Crippen molar-refractivity contribution in [3.8, 4) is 5.75 Å². The van der Waals surface area contributed by atoms with E-state index < -0.39 is 5.82 Å². The van der Waals surface area contributed by atoms with E-state index in [1.165, 1.54) is 28.3 Å². The molecule has 2 aromatic carbocycles. The van der Waals surface area contributed by atoms with Gasteiger partial charge in [0.1, 0.15) is 5.82 Å². The number of aromatic nitrogens is 4. The lowest BCUT2D eigenvalue weighted by atomic mass is 10.2. The summed E-state index contributed by atoms with van der Waals surface area (Å²) in [5.41, 5.74) is 1.13. The quantitative estimate of drug-likeness (QED) is 0.589. The molecule has 0 bridgehead atoms. The number of para-hydroxylation sites is 1. The van der Waals surface area contributed by atoms with Crippen molar-refractivity contribution in [3.63, 3.8) is 0 Å². The van der Waals surface area contributed by atoms with E-state index in [1.807, 2.05) is 30.3 Å². The summed E-state index contributed by atoms with van der Waals surface area (Å²) in [4.78, 5) is 16.9. The van der Waals surface area contributed by atoms with Gasteiger partial charge in [-0.1, -0.05) is 24.3 Å². The molecule has 0 radical (unpaired) electrons. The second kappa shape index (κ2) is 6.91. The van der Waals surface area contributed by atoms with Crippen molar-refractivity contribution in [2.75, 3.05) is 12.4 Å². The third kappa shape index (κ3) is 3.37. The molecule has 0 unspecified atom stereocenters. The average Bonchev–Trinajstić information content (AvgIpc) is 2.98. The molecule has 0 spiro atoms. The normalized spacial score (nSPS) is 10.9. The van der Waals surface area contributed by atoms with E-state index in [9.17, 15) is 9.18 Å². The zero-order valence-corrected chi connectivity index (χ0v) is 14.5. The van der Waals surface area contributed by atoms with Crippen LogP contribution in [0.25, 0.3) is 5.78 Å². The average molecular weight is 365 g/mol. The van der Waals surface area contributed by atoms with Crippen LogP contribution in [-0.4, -0.2) is 26.3 Å². The molecule has 4 aromatic rings. The second-order valence-electron chi connectivity index (χ2n) is 5.88. The van der Waals surface area contributed by atoms with Gasteiger partial charge < -0.3 is 10.1 Å². The molecule has 1 N–H and O–H groups in total. The first kappa shape index (κ1) is 16.8. The Morgan fingerprint density at radius 1 is 1.15 bits per heavy atom. The molecule has 8 heteroatoms. The first-order chi connectivity index (χ1) is 13.1. The van der Waals surface area contributed by atoms with E-state index in [0.717, 1.165) is 5.69 Å². The van der Waals surface area contributed by atoms with E-state index in [2.05, 4.69) is 15.4 Å². The summed E-state index contributed by atoms with van der Waals surface area (Å²) in [6, 6.07) is 15.8. The van der Waals surface area contributed by atoms with Crippen LogP contribution in [-0.2, 0) is 6.54 Å². The Hall–Kier alpha value is -3.68. The molecule has 2 aromatic heterocycles. The lowest BCUT2D eigenvalue weighted by Crippen LogP contribution is -2.21. The van der Waals surface area contributed by atoms with Crippen LogP contribution in [0.1, 0.15) is 5.56 Å². The molecule has 0 saturated carbocycles. The molecule has 0 saturated heterocycles. The van der Waals surface area contributed by atoms with Crippen molar-refractivity contribution in [2.24, 2.45) is 0 Å². The van der Waals surface area contributed by atoms with Gasteiger partial charge in [-0.2, -0.15) is 4.98 Å². The monoisotopic (exact) mass is 365 g/mol. The van der Waals surface area contributed by atoms with Crippen LogP contribution in [0.2, 0.25) is 0 Å². The summed E-state index contributed by atoms with van der Waals surface area (Å²) < 4.78 is 21.4. The van der Waals surface area contributed by atoms with Crippen molar-refractivity contribution in [3.05, 3.63) is 82.7 Å². The minimum atomic E-state index is -0.487. The number of rotatable bonds is 5. The Bertz CT molecular complexity index is 1150. The second-order valence-corrected chi connectivity index (χ2v) is 5.88. The molecule has 0 aliphatic rings. The molecule has 0 aliphatic heterocycles. The number of anilines is 2. The summed E-state index contributed by atoms with van der Waals surface area (Å²) in [5.74, 6) is 0.495. The van der Waals surface area contributed by atoms with Crippen LogP contribution in [0.5, 0.6) is 5.75 Å². The maximum Gasteiger partial charge on any atom is 0.351 e. The molecule has 7 nitrogen and oxygen atoms in total. The zero-order valence-electron chi connectivity index (χ0n) is 14.5. The summed E-state index contributed by atoms with van der Waals surface area (Å²) in [5, 5.41) is 7.40. The number of benzene rings is 2. The smallest absolute Gasteiger partial charge is 0.351 e. The van der Waals surface area contributed by atoms with Gasteiger partial charge >= 0.3 is 5.69 Å². The lowest BCUT2D eigenvalue weighted by Gasteiger charge is -2.04. The SMILES string of the molecule is COc1ccc(Cn2nc3nc(Nc4ccccc4)ccn3c2=O)cc1F. The lowest BCUT2D eigenvalue weighted by molar-refractivity contribution is 0.386. The molecular weight excluding hydrogens is 349 g/mol. The van der Waals surface area contributed by atoms with Crippen molar-refractivity contribution < 1.29 is 9.13 Å². The van der Waals surface area contributed by atoms with Gasteiger partial charge in [-0.25, -0.2) is 18.3 Å². The van der Waals surface area contributed by atoms with Gasteiger partial charge in [0.25, 0.3) is 5.78 Å². The fourth-order valence-electron chi connectivity index (χ4n) is 2.73. The third-order valence-electron chi connectivity index (χ3n) is 4.05. The van der Waals surface area contributed by atoms with Gasteiger partial charge in [-0.05, 0) is 35.9 Å². The minimum absolute atomic E-state index is 0.130. The first-order valence-corrected chi connectivity index (χ1v) is 8.25. The van der Waals surface area contributed by atoms with Gasteiger partial charge in [0.15, 0.2) is 11.6 Å². The van der Waals surface area contributed by atoms with E-state index in [1.54, 1.807) is 18.3 Å². The third-order valence-corrected chi connectivity index (χ3v) is 4.05. The van der Waals surface area contributed by atoms with Gasteiger partial charge in [-0.3, -0.25) is 0 Å². The molecule has 0 atom stereocenters. The maximum absolute atomic E-state index is 13.9. The number of methoxy groups -OCH3 is 1. The van der Waals surface area contributed by atoms with Gasteiger partial charge in [0.05, 0.1) is 13.7 Å². The highest BCUT2D eigenvalue weighted by atomic mass is 19.1. The predicted octanol–water partition coefficient (Wildman–Crippen LogP) is 2.83. The van der Waals surface area contributed by atoms with Crippen LogP contribution in [0, 0.1) is 5.82 Å². The van der Waals surface area contributed by atoms with Crippen LogP contribution < -0.4 is 15.7 Å². The summed E-state index contributed by atoms with van der Waals surface area (Å²) in [6.07, 6.45) is 1.61. The summed E-state index contributed by atoms with van der Waals surface area (Å²) in [6.45, 7) is 0.130. The molecule has 0 fully saturated rings. The molecule has 0 amide bonds. The number of hydrogen-bond donors (Lipinski definition) is 1.